The number of pyridine rings is 1. The summed E-state index contributed by atoms with van der Waals surface area (Å²) in [7, 11) is -1.88. The van der Waals surface area contributed by atoms with Crippen LogP contribution >= 0.6 is 0 Å². The molecule has 4 rings (SSSR count). The highest BCUT2D eigenvalue weighted by molar-refractivity contribution is 6.74. The van der Waals surface area contributed by atoms with Crippen molar-refractivity contribution in [3.8, 4) is 23.2 Å². The van der Waals surface area contributed by atoms with Crippen LogP contribution in [0, 0.1) is 17.8 Å². The third kappa shape index (κ3) is 8.08. The van der Waals surface area contributed by atoms with Crippen molar-refractivity contribution < 1.29 is 14.0 Å². The van der Waals surface area contributed by atoms with E-state index in [0.29, 0.717) is 24.9 Å². The van der Waals surface area contributed by atoms with Crippen LogP contribution in [0.25, 0.3) is 22.3 Å². The summed E-state index contributed by atoms with van der Waals surface area (Å²) in [5.74, 6) is 8.54. The zero-order chi connectivity index (χ0) is 30.5. The number of anilines is 1. The molecule has 3 aromatic rings. The monoisotopic (exact) mass is 587 g/mol. The highest BCUT2D eigenvalue weighted by Crippen LogP contribution is 2.36. The van der Waals surface area contributed by atoms with Gasteiger partial charge in [0.25, 0.3) is 0 Å². The molecule has 3 heterocycles. The molecule has 0 saturated carbocycles. The van der Waals surface area contributed by atoms with Crippen molar-refractivity contribution in [2.24, 2.45) is 5.92 Å². The Morgan fingerprint density at radius 3 is 2.38 bits per heavy atom. The predicted molar refractivity (Wildman–Crippen MR) is 172 cm³/mol. The number of nitrogens with one attached hydrogen (secondary N) is 1. The van der Waals surface area contributed by atoms with E-state index in [1.54, 1.807) is 12.4 Å². The van der Waals surface area contributed by atoms with E-state index < -0.39 is 13.9 Å². The van der Waals surface area contributed by atoms with Crippen molar-refractivity contribution in [3.05, 3.63) is 48.3 Å². The quantitative estimate of drug-likeness (QED) is 0.250. The van der Waals surface area contributed by atoms with Gasteiger partial charge in [-0.3, -0.25) is 4.98 Å². The van der Waals surface area contributed by atoms with E-state index in [9.17, 15) is 4.79 Å². The summed E-state index contributed by atoms with van der Waals surface area (Å²) in [5, 5.41) is 4.05. The van der Waals surface area contributed by atoms with Gasteiger partial charge in [-0.2, -0.15) is 0 Å². The van der Waals surface area contributed by atoms with E-state index in [-0.39, 0.29) is 11.1 Å². The molecule has 1 aromatic carbocycles. The third-order valence-electron chi connectivity index (χ3n) is 8.03. The number of rotatable bonds is 6. The second kappa shape index (κ2) is 12.8. The van der Waals surface area contributed by atoms with E-state index >= 15 is 0 Å². The Kier molecular flexibility index (Phi) is 9.59. The van der Waals surface area contributed by atoms with E-state index in [4.69, 9.17) is 19.1 Å². The molecule has 1 aliphatic rings. The van der Waals surface area contributed by atoms with Crippen LogP contribution in [0.2, 0.25) is 18.1 Å². The Hall–Kier alpha value is -3.48. The molecule has 2 aromatic heterocycles. The van der Waals surface area contributed by atoms with Crippen LogP contribution in [0.5, 0.6) is 0 Å². The van der Waals surface area contributed by atoms with Gasteiger partial charge >= 0.3 is 6.09 Å². The molecule has 1 aliphatic heterocycles. The lowest BCUT2D eigenvalue weighted by Gasteiger charge is -2.35. The molecule has 1 N–H and O–H groups in total. The minimum Gasteiger partial charge on any atom is -0.444 e. The molecule has 0 atom stereocenters. The van der Waals surface area contributed by atoms with Crippen LogP contribution in [0.15, 0.2) is 42.7 Å². The largest absolute Gasteiger partial charge is 0.444 e. The third-order valence-corrected chi connectivity index (χ3v) is 12.5. The number of para-hydroxylation sites is 1. The van der Waals surface area contributed by atoms with Crippen LogP contribution in [-0.2, 0) is 9.16 Å². The van der Waals surface area contributed by atoms with E-state index in [0.717, 1.165) is 53.8 Å². The zero-order valence-corrected chi connectivity index (χ0v) is 27.4. The molecular formula is C33H45N5O3Si. The van der Waals surface area contributed by atoms with E-state index in [2.05, 4.69) is 67.0 Å². The molecular weight excluding hydrogens is 542 g/mol. The smallest absolute Gasteiger partial charge is 0.407 e. The van der Waals surface area contributed by atoms with Crippen molar-refractivity contribution in [2.45, 2.75) is 78.1 Å². The summed E-state index contributed by atoms with van der Waals surface area (Å²) in [4.78, 5) is 28.7. The number of amides is 1. The van der Waals surface area contributed by atoms with Crippen molar-refractivity contribution in [2.75, 3.05) is 31.1 Å². The van der Waals surface area contributed by atoms with Gasteiger partial charge in [0, 0.05) is 43.0 Å². The van der Waals surface area contributed by atoms with Gasteiger partial charge in [-0.05, 0) is 81.9 Å². The van der Waals surface area contributed by atoms with Gasteiger partial charge < -0.3 is 19.4 Å². The molecule has 0 bridgehead atoms. The Morgan fingerprint density at radius 2 is 1.74 bits per heavy atom. The maximum absolute atomic E-state index is 12.1. The average molecular weight is 588 g/mol. The van der Waals surface area contributed by atoms with Crippen LogP contribution in [0.4, 0.5) is 10.6 Å². The fourth-order valence-electron chi connectivity index (χ4n) is 4.56. The summed E-state index contributed by atoms with van der Waals surface area (Å²) in [6.45, 7) is 19.5. The molecule has 8 nitrogen and oxygen atoms in total. The zero-order valence-electron chi connectivity index (χ0n) is 26.4. The lowest BCUT2D eigenvalue weighted by Crippen LogP contribution is -2.40. The normalized spacial score (nSPS) is 14.8. The Morgan fingerprint density at radius 1 is 1.05 bits per heavy atom. The fraction of sp³-hybridized carbons (Fsp3) is 0.515. The van der Waals surface area contributed by atoms with Gasteiger partial charge in [-0.1, -0.05) is 38.7 Å². The molecule has 224 valence electrons. The van der Waals surface area contributed by atoms with Crippen molar-refractivity contribution in [1.29, 1.82) is 0 Å². The second-order valence-corrected chi connectivity index (χ2v) is 18.3. The molecule has 1 fully saturated rings. The first-order valence-corrected chi connectivity index (χ1v) is 17.7. The Labute approximate surface area is 251 Å². The molecule has 1 saturated heterocycles. The maximum atomic E-state index is 12.1. The van der Waals surface area contributed by atoms with Gasteiger partial charge in [0.15, 0.2) is 14.1 Å². The van der Waals surface area contributed by atoms with Gasteiger partial charge in [0.2, 0.25) is 0 Å². The highest BCUT2D eigenvalue weighted by Gasteiger charge is 2.36. The molecule has 0 unspecified atom stereocenters. The summed E-state index contributed by atoms with van der Waals surface area (Å²) in [6, 6.07) is 9.98. The number of hydrogen-bond donors (Lipinski definition) is 1. The number of alkyl carbamates (subject to hydrolysis) is 1. The first-order chi connectivity index (χ1) is 19.7. The van der Waals surface area contributed by atoms with E-state index in [1.807, 2.05) is 45.0 Å². The fourth-order valence-corrected chi connectivity index (χ4v) is 5.43. The highest BCUT2D eigenvalue weighted by atomic mass is 28.4. The minimum absolute atomic E-state index is 0.134. The first kappa shape index (κ1) is 31.5. The van der Waals surface area contributed by atoms with Crippen LogP contribution in [-0.4, -0.2) is 61.2 Å². The number of benzene rings is 1. The SMILES string of the molecule is CC(C)(C)OC(=O)NCC1CCN(c2nc(-c3ccncc3)nc3c(C#CCO[Si](C)(C)C(C)(C)C)cccc23)CC1. The Bertz CT molecular complexity index is 1440. The molecule has 0 aliphatic carbocycles. The molecule has 42 heavy (non-hydrogen) atoms. The predicted octanol–water partition coefficient (Wildman–Crippen LogP) is 6.81. The minimum atomic E-state index is -1.88. The second-order valence-electron chi connectivity index (χ2n) is 13.5. The first-order valence-electron chi connectivity index (χ1n) is 14.8. The standard InChI is InChI=1S/C33H45N5O3Si/c1-32(2,3)41-31(39)35-23-24-16-20-38(21-17-24)30-27-13-9-11-25(12-10-22-40-42(7,8)33(4,5)6)28(27)36-29(37-30)26-14-18-34-19-15-26/h9,11,13-15,18-19,24H,16-17,20-23H2,1-8H3,(H,35,39). The molecule has 1 amide bonds. The van der Waals surface area contributed by atoms with Crippen LogP contribution < -0.4 is 10.2 Å². The number of ether oxygens (including phenoxy) is 1. The van der Waals surface area contributed by atoms with Crippen molar-refractivity contribution >= 4 is 31.1 Å². The summed E-state index contributed by atoms with van der Waals surface area (Å²) in [5.41, 5.74) is 2.10. The number of aromatic nitrogens is 3. The van der Waals surface area contributed by atoms with Gasteiger partial charge in [-0.25, -0.2) is 14.8 Å². The molecule has 0 spiro atoms. The van der Waals surface area contributed by atoms with Gasteiger partial charge in [0.05, 0.1) is 17.7 Å². The number of fused-ring (bicyclic) bond motifs is 1. The number of carbonyl (C=O) groups is 1. The van der Waals surface area contributed by atoms with Crippen LogP contribution in [0.1, 0.15) is 59.9 Å². The lowest BCUT2D eigenvalue weighted by molar-refractivity contribution is 0.0516. The van der Waals surface area contributed by atoms with Gasteiger partial charge in [-0.15, -0.1) is 0 Å². The molecule has 0 radical (unpaired) electrons. The molecule has 9 heteroatoms. The number of nitrogens with zero attached hydrogens (tertiary/aromatic N) is 4. The number of piperidine rings is 1. The summed E-state index contributed by atoms with van der Waals surface area (Å²) in [6.07, 6.45) is 5.04. The van der Waals surface area contributed by atoms with E-state index in [1.165, 1.54) is 0 Å². The Balaban J connectivity index is 1.58. The van der Waals surface area contributed by atoms with Crippen molar-refractivity contribution in [1.82, 2.24) is 20.3 Å². The summed E-state index contributed by atoms with van der Waals surface area (Å²) >= 11 is 0. The lowest BCUT2D eigenvalue weighted by atomic mass is 9.96. The number of carbonyl (C=O) groups excluding carboxylic acids is 1. The average Bonchev–Trinajstić information content (AvgIpc) is 2.93. The van der Waals surface area contributed by atoms with Crippen LogP contribution in [0.3, 0.4) is 0 Å². The number of hydrogen-bond acceptors (Lipinski definition) is 7. The topological polar surface area (TPSA) is 89.5 Å². The summed E-state index contributed by atoms with van der Waals surface area (Å²) < 4.78 is 11.7. The van der Waals surface area contributed by atoms with Crippen molar-refractivity contribution in [3.63, 3.8) is 0 Å². The maximum Gasteiger partial charge on any atom is 0.407 e. The van der Waals surface area contributed by atoms with Gasteiger partial charge in [0.1, 0.15) is 11.4 Å².